The molecule has 5 aromatic rings. The van der Waals surface area contributed by atoms with E-state index in [0.717, 1.165) is 22.3 Å². The number of furan rings is 1. The Hall–Kier alpha value is -3.80. The summed E-state index contributed by atoms with van der Waals surface area (Å²) in [6.45, 7) is 2.41. The minimum atomic E-state index is 0.460. The van der Waals surface area contributed by atoms with Crippen molar-refractivity contribution in [3.8, 4) is 23.0 Å². The molecule has 0 aliphatic heterocycles. The van der Waals surface area contributed by atoms with E-state index in [-0.39, 0.29) is 0 Å². The lowest BCUT2D eigenvalue weighted by molar-refractivity contribution is 0.307. The average molecular weight is 385 g/mol. The van der Waals surface area contributed by atoms with Gasteiger partial charge in [0.25, 0.3) is 0 Å². The van der Waals surface area contributed by atoms with Gasteiger partial charge in [0.1, 0.15) is 29.4 Å². The Bertz CT molecular complexity index is 1310. The Morgan fingerprint density at radius 3 is 2.72 bits per heavy atom. The molecule has 5 rings (SSSR count). The molecule has 0 amide bonds. The van der Waals surface area contributed by atoms with E-state index in [1.165, 1.54) is 0 Å². The maximum absolute atomic E-state index is 6.09. The Kier molecular flexibility index (Phi) is 4.17. The molecule has 0 spiro atoms. The van der Waals surface area contributed by atoms with Crippen molar-refractivity contribution < 1.29 is 13.9 Å². The first kappa shape index (κ1) is 17.3. The normalized spacial score (nSPS) is 11.2. The summed E-state index contributed by atoms with van der Waals surface area (Å²) in [5.41, 5.74) is 4.18. The molecule has 3 heterocycles. The van der Waals surface area contributed by atoms with Crippen LogP contribution in [0.5, 0.6) is 11.5 Å². The Morgan fingerprint density at radius 2 is 1.90 bits per heavy atom. The largest absolute Gasteiger partial charge is 0.496 e. The van der Waals surface area contributed by atoms with Gasteiger partial charge >= 0.3 is 0 Å². The fraction of sp³-hybridized carbons (Fsp3) is 0.130. The number of imidazole rings is 1. The van der Waals surface area contributed by atoms with E-state index in [2.05, 4.69) is 10.1 Å². The summed E-state index contributed by atoms with van der Waals surface area (Å²) < 4.78 is 19.4. The van der Waals surface area contributed by atoms with Gasteiger partial charge < -0.3 is 13.9 Å². The third kappa shape index (κ3) is 3.29. The number of hydrogen-bond acceptors (Lipinski definition) is 5. The van der Waals surface area contributed by atoms with Crippen molar-refractivity contribution in [2.45, 2.75) is 13.5 Å². The summed E-state index contributed by atoms with van der Waals surface area (Å²) in [4.78, 5) is 4.62. The van der Waals surface area contributed by atoms with Crippen molar-refractivity contribution in [3.63, 3.8) is 0 Å². The van der Waals surface area contributed by atoms with E-state index in [1.807, 2.05) is 73.8 Å². The Morgan fingerprint density at radius 1 is 1.03 bits per heavy atom. The number of methoxy groups -OCH3 is 1. The van der Waals surface area contributed by atoms with Crippen LogP contribution in [0.15, 0.2) is 71.3 Å². The number of aromatic nitrogens is 3. The highest BCUT2D eigenvalue weighted by Crippen LogP contribution is 2.37. The fourth-order valence-corrected chi connectivity index (χ4v) is 3.28. The van der Waals surface area contributed by atoms with E-state index >= 15 is 0 Å². The number of benzene rings is 2. The minimum Gasteiger partial charge on any atom is -0.496 e. The number of nitrogens with zero attached hydrogens (tertiary/aromatic N) is 3. The molecule has 2 aromatic carbocycles. The van der Waals surface area contributed by atoms with Crippen LogP contribution in [0.25, 0.3) is 28.1 Å². The van der Waals surface area contributed by atoms with E-state index in [1.54, 1.807) is 11.6 Å². The molecule has 0 unspecified atom stereocenters. The summed E-state index contributed by atoms with van der Waals surface area (Å²) >= 11 is 0. The van der Waals surface area contributed by atoms with Crippen LogP contribution in [0.2, 0.25) is 0 Å². The van der Waals surface area contributed by atoms with Crippen LogP contribution in [0.3, 0.4) is 0 Å². The zero-order chi connectivity index (χ0) is 19.8. The van der Waals surface area contributed by atoms with E-state index in [4.69, 9.17) is 13.9 Å². The average Bonchev–Trinajstić information content (AvgIpc) is 3.36. The number of fused-ring (bicyclic) bond motifs is 2. The van der Waals surface area contributed by atoms with Gasteiger partial charge in [-0.25, -0.2) is 9.50 Å². The summed E-state index contributed by atoms with van der Waals surface area (Å²) in [6, 6.07) is 19.6. The van der Waals surface area contributed by atoms with Gasteiger partial charge in [-0.2, -0.15) is 5.10 Å². The molecule has 0 saturated heterocycles. The molecule has 3 aromatic heterocycles. The molecule has 144 valence electrons. The van der Waals surface area contributed by atoms with Crippen molar-refractivity contribution in [3.05, 3.63) is 78.1 Å². The minimum absolute atomic E-state index is 0.460. The molecule has 0 aliphatic rings. The second-order valence-corrected chi connectivity index (χ2v) is 6.83. The van der Waals surface area contributed by atoms with Crippen molar-refractivity contribution in [1.29, 1.82) is 0 Å². The monoisotopic (exact) mass is 385 g/mol. The standard InChI is InChI=1S/C23H19N3O3/c1-15-8-9-23-24-19(13-26(23)25-15)22-12-18-20(10-17(27-2)11-21(18)29-22)28-14-16-6-4-3-5-7-16/h3-13H,14H2,1-2H3. The lowest BCUT2D eigenvalue weighted by Crippen LogP contribution is -1.96. The molecule has 0 N–H and O–H groups in total. The Balaban J connectivity index is 1.55. The quantitative estimate of drug-likeness (QED) is 0.424. The molecule has 0 aliphatic carbocycles. The van der Waals surface area contributed by atoms with Gasteiger partial charge in [0.05, 0.1) is 24.4 Å². The number of aryl methyl sites for hydroxylation is 1. The summed E-state index contributed by atoms with van der Waals surface area (Å²) in [5.74, 6) is 2.03. The first-order chi connectivity index (χ1) is 14.2. The van der Waals surface area contributed by atoms with Crippen LogP contribution in [-0.4, -0.2) is 21.7 Å². The van der Waals surface area contributed by atoms with Gasteiger partial charge in [-0.05, 0) is 30.7 Å². The maximum Gasteiger partial charge on any atom is 0.155 e. The van der Waals surface area contributed by atoms with Gasteiger partial charge in [0.15, 0.2) is 11.4 Å². The van der Waals surface area contributed by atoms with Gasteiger partial charge in [-0.15, -0.1) is 0 Å². The topological polar surface area (TPSA) is 61.8 Å². The molecule has 0 fully saturated rings. The summed E-state index contributed by atoms with van der Waals surface area (Å²) in [5, 5.41) is 5.32. The fourth-order valence-electron chi connectivity index (χ4n) is 3.28. The lowest BCUT2D eigenvalue weighted by Gasteiger charge is -2.09. The molecule has 0 saturated carbocycles. The van der Waals surface area contributed by atoms with Crippen LogP contribution in [0.1, 0.15) is 11.3 Å². The molecule has 0 radical (unpaired) electrons. The molecule has 6 heteroatoms. The highest BCUT2D eigenvalue weighted by atomic mass is 16.5. The zero-order valence-electron chi connectivity index (χ0n) is 16.1. The molecule has 0 bridgehead atoms. The van der Waals surface area contributed by atoms with Crippen LogP contribution in [0, 0.1) is 6.92 Å². The maximum atomic E-state index is 6.09. The second-order valence-electron chi connectivity index (χ2n) is 6.83. The first-order valence-corrected chi connectivity index (χ1v) is 9.31. The van der Waals surface area contributed by atoms with E-state index in [9.17, 15) is 0 Å². The Labute approximate surface area is 167 Å². The van der Waals surface area contributed by atoms with Crippen LogP contribution in [0.4, 0.5) is 0 Å². The van der Waals surface area contributed by atoms with E-state index < -0.39 is 0 Å². The van der Waals surface area contributed by atoms with Crippen molar-refractivity contribution in [2.24, 2.45) is 0 Å². The molecular weight excluding hydrogens is 366 g/mol. The predicted molar refractivity (Wildman–Crippen MR) is 110 cm³/mol. The molecule has 0 atom stereocenters. The van der Waals surface area contributed by atoms with Crippen LogP contribution >= 0.6 is 0 Å². The molecule has 6 nitrogen and oxygen atoms in total. The van der Waals surface area contributed by atoms with Gasteiger partial charge in [0.2, 0.25) is 0 Å². The van der Waals surface area contributed by atoms with Crippen molar-refractivity contribution in [2.75, 3.05) is 7.11 Å². The first-order valence-electron chi connectivity index (χ1n) is 9.31. The lowest BCUT2D eigenvalue weighted by atomic mass is 10.2. The molecule has 29 heavy (non-hydrogen) atoms. The van der Waals surface area contributed by atoms with Gasteiger partial charge in [0, 0.05) is 12.1 Å². The van der Waals surface area contributed by atoms with Crippen LogP contribution < -0.4 is 9.47 Å². The SMILES string of the molecule is COc1cc(OCc2ccccc2)c2cc(-c3cn4nc(C)ccc4n3)oc2c1. The van der Waals surface area contributed by atoms with Crippen molar-refractivity contribution in [1.82, 2.24) is 14.6 Å². The van der Waals surface area contributed by atoms with Gasteiger partial charge in [-0.3, -0.25) is 0 Å². The third-order valence-corrected chi connectivity index (χ3v) is 4.75. The van der Waals surface area contributed by atoms with Crippen LogP contribution in [-0.2, 0) is 6.61 Å². The number of ether oxygens (including phenoxy) is 2. The second kappa shape index (κ2) is 6.98. The number of rotatable bonds is 5. The zero-order valence-corrected chi connectivity index (χ0v) is 16.1. The third-order valence-electron chi connectivity index (χ3n) is 4.75. The summed E-state index contributed by atoms with van der Waals surface area (Å²) in [6.07, 6.45) is 1.86. The highest BCUT2D eigenvalue weighted by Gasteiger charge is 2.16. The summed E-state index contributed by atoms with van der Waals surface area (Å²) in [7, 11) is 1.63. The van der Waals surface area contributed by atoms with E-state index in [0.29, 0.717) is 35.1 Å². The smallest absolute Gasteiger partial charge is 0.155 e. The van der Waals surface area contributed by atoms with Gasteiger partial charge in [-0.1, -0.05) is 30.3 Å². The molecular formula is C23H19N3O3. The predicted octanol–water partition coefficient (Wildman–Crippen LogP) is 5.04. The highest BCUT2D eigenvalue weighted by molar-refractivity contribution is 5.89. The van der Waals surface area contributed by atoms with Crippen molar-refractivity contribution >= 4 is 16.6 Å². The number of hydrogen-bond donors (Lipinski definition) is 0.